The number of nitrogens with one attached hydrogen (secondary N) is 2. The Balaban J connectivity index is 1.16. The summed E-state index contributed by atoms with van der Waals surface area (Å²) in [5.74, 6) is -0.110. The van der Waals surface area contributed by atoms with Gasteiger partial charge in [-0.25, -0.2) is 0 Å². The molecule has 2 N–H and O–H groups in total. The zero-order chi connectivity index (χ0) is 23.2. The molecule has 0 saturated heterocycles. The predicted octanol–water partition coefficient (Wildman–Crippen LogP) is 7.05. The van der Waals surface area contributed by atoms with Gasteiger partial charge in [0.2, 0.25) is 0 Å². The number of hydrogen-bond donors (Lipinski definition) is 2. The summed E-state index contributed by atoms with van der Waals surface area (Å²) >= 11 is 0. The van der Waals surface area contributed by atoms with Crippen molar-refractivity contribution in [3.63, 3.8) is 0 Å². The molecule has 5 aromatic carbocycles. The Kier molecular flexibility index (Phi) is 6.46. The Morgan fingerprint density at radius 2 is 1.26 bits per heavy atom. The molecule has 3 heteroatoms. The van der Waals surface area contributed by atoms with Crippen LogP contribution >= 0.6 is 0 Å². The number of rotatable bonds is 7. The van der Waals surface area contributed by atoms with Crippen molar-refractivity contribution in [2.75, 3.05) is 5.32 Å². The summed E-state index contributed by atoms with van der Waals surface area (Å²) in [6.07, 6.45) is 0. The number of benzene rings is 5. The Bertz CT molecular complexity index is 1390. The molecular weight excluding hydrogens is 416 g/mol. The van der Waals surface area contributed by atoms with Gasteiger partial charge in [-0.15, -0.1) is 0 Å². The standard InChI is InChI=1S/C31H26N2O/c34-31(27-17-15-25(16-18-27)24-7-2-1-3-8-24)33-29-19-13-23(14-20-29)21-32-22-28-11-6-10-26-9-4-5-12-30(26)28/h1-20,32H,21-22H2,(H,33,34). The normalized spacial score (nSPS) is 10.8. The second-order valence-corrected chi connectivity index (χ2v) is 8.34. The fourth-order valence-corrected chi connectivity index (χ4v) is 4.14. The van der Waals surface area contributed by atoms with Crippen LogP contribution in [0.2, 0.25) is 0 Å². The van der Waals surface area contributed by atoms with Crippen LogP contribution in [-0.2, 0) is 13.1 Å². The topological polar surface area (TPSA) is 41.1 Å². The van der Waals surface area contributed by atoms with E-state index >= 15 is 0 Å². The van der Waals surface area contributed by atoms with Crippen molar-refractivity contribution < 1.29 is 4.79 Å². The maximum Gasteiger partial charge on any atom is 0.255 e. The molecule has 0 unspecified atom stereocenters. The van der Waals surface area contributed by atoms with Crippen molar-refractivity contribution in [2.45, 2.75) is 13.1 Å². The third-order valence-corrected chi connectivity index (χ3v) is 5.99. The molecule has 0 bridgehead atoms. The summed E-state index contributed by atoms with van der Waals surface area (Å²) in [7, 11) is 0. The largest absolute Gasteiger partial charge is 0.322 e. The minimum atomic E-state index is -0.110. The monoisotopic (exact) mass is 442 g/mol. The van der Waals surface area contributed by atoms with Gasteiger partial charge in [-0.3, -0.25) is 4.79 Å². The van der Waals surface area contributed by atoms with Gasteiger partial charge in [-0.2, -0.15) is 0 Å². The minimum absolute atomic E-state index is 0.110. The van der Waals surface area contributed by atoms with Gasteiger partial charge in [-0.05, 0) is 57.3 Å². The van der Waals surface area contributed by atoms with Crippen molar-refractivity contribution in [1.82, 2.24) is 5.32 Å². The van der Waals surface area contributed by atoms with E-state index < -0.39 is 0 Å². The number of amides is 1. The van der Waals surface area contributed by atoms with Crippen molar-refractivity contribution in [3.05, 3.63) is 138 Å². The highest BCUT2D eigenvalue weighted by Crippen LogP contribution is 2.21. The fourth-order valence-electron chi connectivity index (χ4n) is 4.14. The molecule has 34 heavy (non-hydrogen) atoms. The van der Waals surface area contributed by atoms with Crippen molar-refractivity contribution in [1.29, 1.82) is 0 Å². The molecule has 0 spiro atoms. The van der Waals surface area contributed by atoms with Gasteiger partial charge in [-0.1, -0.05) is 97.1 Å². The average Bonchev–Trinajstić information content (AvgIpc) is 2.90. The molecule has 0 aliphatic rings. The van der Waals surface area contributed by atoms with Crippen LogP contribution in [0, 0.1) is 0 Å². The second-order valence-electron chi connectivity index (χ2n) is 8.34. The van der Waals surface area contributed by atoms with Crippen LogP contribution in [0.1, 0.15) is 21.5 Å². The third-order valence-electron chi connectivity index (χ3n) is 5.99. The SMILES string of the molecule is O=C(Nc1ccc(CNCc2cccc3ccccc23)cc1)c1ccc(-c2ccccc2)cc1. The highest BCUT2D eigenvalue weighted by molar-refractivity contribution is 6.04. The molecule has 0 heterocycles. The van der Waals surface area contributed by atoms with Crippen LogP contribution in [0.25, 0.3) is 21.9 Å². The first-order valence-electron chi connectivity index (χ1n) is 11.5. The average molecular weight is 443 g/mol. The van der Waals surface area contributed by atoms with Crippen molar-refractivity contribution >= 4 is 22.4 Å². The number of carbonyl (C=O) groups is 1. The summed E-state index contributed by atoms with van der Waals surface area (Å²) in [5.41, 5.74) is 6.12. The van der Waals surface area contributed by atoms with Gasteiger partial charge in [0.05, 0.1) is 0 Å². The minimum Gasteiger partial charge on any atom is -0.322 e. The quantitative estimate of drug-likeness (QED) is 0.284. The van der Waals surface area contributed by atoms with Gasteiger partial charge >= 0.3 is 0 Å². The van der Waals surface area contributed by atoms with Crippen LogP contribution in [0.3, 0.4) is 0 Å². The van der Waals surface area contributed by atoms with E-state index in [9.17, 15) is 4.79 Å². The molecule has 166 valence electrons. The molecule has 5 rings (SSSR count). The lowest BCUT2D eigenvalue weighted by Gasteiger charge is -2.10. The molecule has 0 aliphatic heterocycles. The molecule has 5 aromatic rings. The summed E-state index contributed by atoms with van der Waals surface area (Å²) in [5, 5.41) is 9.06. The molecule has 3 nitrogen and oxygen atoms in total. The van der Waals surface area contributed by atoms with Gasteiger partial charge in [0.1, 0.15) is 0 Å². The van der Waals surface area contributed by atoms with Crippen LogP contribution in [0.4, 0.5) is 5.69 Å². The van der Waals surface area contributed by atoms with Gasteiger partial charge in [0.25, 0.3) is 5.91 Å². The molecule has 0 radical (unpaired) electrons. The summed E-state index contributed by atoms with van der Waals surface area (Å²) in [4.78, 5) is 12.7. The lowest BCUT2D eigenvalue weighted by atomic mass is 10.0. The Morgan fingerprint density at radius 3 is 2.06 bits per heavy atom. The molecule has 0 aliphatic carbocycles. The fraction of sp³-hybridized carbons (Fsp3) is 0.0645. The molecule has 0 fully saturated rings. The molecule has 0 atom stereocenters. The van der Waals surface area contributed by atoms with Gasteiger partial charge in [0.15, 0.2) is 0 Å². The van der Waals surface area contributed by atoms with E-state index in [0.29, 0.717) is 5.56 Å². The molecular formula is C31H26N2O. The van der Waals surface area contributed by atoms with Gasteiger partial charge < -0.3 is 10.6 Å². The zero-order valence-corrected chi connectivity index (χ0v) is 18.9. The maximum absolute atomic E-state index is 12.7. The number of carbonyl (C=O) groups excluding carboxylic acids is 1. The van der Waals surface area contributed by atoms with E-state index in [-0.39, 0.29) is 5.91 Å². The van der Waals surface area contributed by atoms with Gasteiger partial charge in [0, 0.05) is 24.3 Å². The Labute approximate surface area is 200 Å². The zero-order valence-electron chi connectivity index (χ0n) is 18.9. The maximum atomic E-state index is 12.7. The summed E-state index contributed by atoms with van der Waals surface area (Å²) < 4.78 is 0. The molecule has 0 saturated carbocycles. The van der Waals surface area contributed by atoms with Crippen LogP contribution in [0.15, 0.2) is 121 Å². The first-order chi connectivity index (χ1) is 16.8. The second kappa shape index (κ2) is 10.2. The van der Waals surface area contributed by atoms with E-state index in [1.807, 2.05) is 66.7 Å². The lowest BCUT2D eigenvalue weighted by Crippen LogP contribution is -2.14. The van der Waals surface area contributed by atoms with E-state index in [4.69, 9.17) is 0 Å². The predicted molar refractivity (Wildman–Crippen MR) is 141 cm³/mol. The van der Waals surface area contributed by atoms with E-state index in [1.165, 1.54) is 21.9 Å². The first kappa shape index (κ1) is 21.6. The lowest BCUT2D eigenvalue weighted by molar-refractivity contribution is 0.102. The first-order valence-corrected chi connectivity index (χ1v) is 11.5. The molecule has 1 amide bonds. The third kappa shape index (κ3) is 5.06. The van der Waals surface area contributed by atoms with Crippen LogP contribution in [-0.4, -0.2) is 5.91 Å². The van der Waals surface area contributed by atoms with Crippen LogP contribution < -0.4 is 10.6 Å². The van der Waals surface area contributed by atoms with Crippen LogP contribution in [0.5, 0.6) is 0 Å². The van der Waals surface area contributed by atoms with E-state index in [0.717, 1.165) is 29.9 Å². The Morgan fingerprint density at radius 1 is 0.588 bits per heavy atom. The number of hydrogen-bond acceptors (Lipinski definition) is 2. The van der Waals surface area contributed by atoms with Crippen molar-refractivity contribution in [3.8, 4) is 11.1 Å². The summed E-state index contributed by atoms with van der Waals surface area (Å²) in [6, 6.07) is 40.7. The van der Waals surface area contributed by atoms with E-state index in [1.54, 1.807) is 0 Å². The van der Waals surface area contributed by atoms with Crippen molar-refractivity contribution in [2.24, 2.45) is 0 Å². The molecule has 0 aromatic heterocycles. The number of anilines is 1. The highest BCUT2D eigenvalue weighted by Gasteiger charge is 2.07. The summed E-state index contributed by atoms with van der Waals surface area (Å²) in [6.45, 7) is 1.57. The number of fused-ring (bicyclic) bond motifs is 1. The Hall–Kier alpha value is -4.21. The van der Waals surface area contributed by atoms with E-state index in [2.05, 4.69) is 65.2 Å². The highest BCUT2D eigenvalue weighted by atomic mass is 16.1. The smallest absolute Gasteiger partial charge is 0.255 e.